The number of nitrogens with one attached hydrogen (secondary N) is 3. The Kier molecular flexibility index (Phi) is 8.88. The number of hydrogen-bond acceptors (Lipinski definition) is 4. The van der Waals surface area contributed by atoms with Gasteiger partial charge in [-0.2, -0.15) is 0 Å². The Hall–Kier alpha value is -3.80. The van der Waals surface area contributed by atoms with E-state index in [4.69, 9.17) is 4.74 Å². The molecule has 3 aromatic carbocycles. The zero-order chi connectivity index (χ0) is 23.5. The lowest BCUT2D eigenvalue weighted by atomic mass is 10.1. The molecule has 0 aliphatic heterocycles. The topological polar surface area (TPSA) is 79.5 Å². The number of anilines is 2. The van der Waals surface area contributed by atoms with Crippen molar-refractivity contribution in [1.29, 1.82) is 0 Å². The van der Waals surface area contributed by atoms with Crippen LogP contribution in [0.4, 0.5) is 11.4 Å². The van der Waals surface area contributed by atoms with E-state index in [9.17, 15) is 9.59 Å². The standard InChI is InChI=1S/C27H31N3O3/c1-20(2)29-27(32)22-11-6-12-24(18-22)28-19-26(31)30-23-13-15-25(16-14-23)33-17-7-10-21-8-4-3-5-9-21/h3-6,8-9,11-16,18,20,28H,7,10,17,19H2,1-2H3,(H,29,32)(H,30,31). The molecule has 6 heteroatoms. The van der Waals surface area contributed by atoms with Crippen LogP contribution in [0.2, 0.25) is 0 Å². The van der Waals surface area contributed by atoms with Crippen molar-refractivity contribution in [3.8, 4) is 5.75 Å². The molecular weight excluding hydrogens is 414 g/mol. The Morgan fingerprint density at radius 3 is 2.36 bits per heavy atom. The van der Waals surface area contributed by atoms with E-state index < -0.39 is 0 Å². The van der Waals surface area contributed by atoms with E-state index in [1.54, 1.807) is 18.2 Å². The molecule has 0 heterocycles. The van der Waals surface area contributed by atoms with Gasteiger partial charge in [0.15, 0.2) is 0 Å². The molecule has 3 rings (SSSR count). The van der Waals surface area contributed by atoms with Crippen molar-refractivity contribution in [1.82, 2.24) is 5.32 Å². The normalized spacial score (nSPS) is 10.5. The van der Waals surface area contributed by atoms with Crippen LogP contribution in [0.1, 0.15) is 36.2 Å². The van der Waals surface area contributed by atoms with Gasteiger partial charge in [-0.15, -0.1) is 0 Å². The predicted molar refractivity (Wildman–Crippen MR) is 133 cm³/mol. The fourth-order valence-corrected chi connectivity index (χ4v) is 3.25. The number of carbonyl (C=O) groups excluding carboxylic acids is 2. The molecule has 0 aromatic heterocycles. The highest BCUT2D eigenvalue weighted by Gasteiger charge is 2.08. The van der Waals surface area contributed by atoms with E-state index in [0.29, 0.717) is 23.5 Å². The maximum absolute atomic E-state index is 12.3. The molecule has 0 aliphatic carbocycles. The zero-order valence-electron chi connectivity index (χ0n) is 19.1. The lowest BCUT2D eigenvalue weighted by Crippen LogP contribution is -2.30. The minimum atomic E-state index is -0.177. The van der Waals surface area contributed by atoms with Gasteiger partial charge in [0.25, 0.3) is 5.91 Å². The number of carbonyl (C=O) groups is 2. The Morgan fingerprint density at radius 1 is 0.879 bits per heavy atom. The fourth-order valence-electron chi connectivity index (χ4n) is 3.25. The van der Waals surface area contributed by atoms with Crippen LogP contribution < -0.4 is 20.7 Å². The second-order valence-corrected chi connectivity index (χ2v) is 8.07. The number of rotatable bonds is 11. The van der Waals surface area contributed by atoms with Crippen LogP contribution in [0.15, 0.2) is 78.9 Å². The predicted octanol–water partition coefficient (Wildman–Crippen LogP) is 4.89. The summed E-state index contributed by atoms with van der Waals surface area (Å²) >= 11 is 0. The number of benzene rings is 3. The van der Waals surface area contributed by atoms with E-state index in [1.165, 1.54) is 5.56 Å². The first-order valence-electron chi connectivity index (χ1n) is 11.2. The summed E-state index contributed by atoms with van der Waals surface area (Å²) < 4.78 is 5.79. The summed E-state index contributed by atoms with van der Waals surface area (Å²) in [4.78, 5) is 24.4. The van der Waals surface area contributed by atoms with Crippen molar-refractivity contribution in [2.75, 3.05) is 23.8 Å². The molecule has 0 fully saturated rings. The molecule has 3 aromatic rings. The SMILES string of the molecule is CC(C)NC(=O)c1cccc(NCC(=O)Nc2ccc(OCCCc3ccccc3)cc2)c1. The molecule has 2 amide bonds. The molecule has 0 saturated heterocycles. The summed E-state index contributed by atoms with van der Waals surface area (Å²) in [6.07, 6.45) is 1.92. The highest BCUT2D eigenvalue weighted by atomic mass is 16.5. The average Bonchev–Trinajstić information content (AvgIpc) is 2.82. The minimum Gasteiger partial charge on any atom is -0.494 e. The van der Waals surface area contributed by atoms with E-state index in [0.717, 1.165) is 18.6 Å². The highest BCUT2D eigenvalue weighted by Crippen LogP contribution is 2.16. The van der Waals surface area contributed by atoms with E-state index in [1.807, 2.05) is 62.4 Å². The van der Waals surface area contributed by atoms with Gasteiger partial charge in [-0.3, -0.25) is 9.59 Å². The summed E-state index contributed by atoms with van der Waals surface area (Å²) in [5.41, 5.74) is 3.26. The van der Waals surface area contributed by atoms with Crippen LogP contribution in [0.5, 0.6) is 5.75 Å². The van der Waals surface area contributed by atoms with Crippen molar-refractivity contribution in [2.24, 2.45) is 0 Å². The fraction of sp³-hybridized carbons (Fsp3) is 0.259. The van der Waals surface area contributed by atoms with Gasteiger partial charge in [0.2, 0.25) is 5.91 Å². The summed E-state index contributed by atoms with van der Waals surface area (Å²) in [6.45, 7) is 4.55. The van der Waals surface area contributed by atoms with Gasteiger partial charge in [-0.05, 0) is 74.7 Å². The Balaban J connectivity index is 1.40. The molecule has 0 saturated carbocycles. The third-order valence-corrected chi connectivity index (χ3v) is 4.86. The summed E-state index contributed by atoms with van der Waals surface area (Å²) in [7, 11) is 0. The van der Waals surface area contributed by atoms with Gasteiger partial charge >= 0.3 is 0 Å². The monoisotopic (exact) mass is 445 g/mol. The molecule has 0 spiro atoms. The number of aryl methyl sites for hydroxylation is 1. The molecular formula is C27H31N3O3. The maximum atomic E-state index is 12.3. The van der Waals surface area contributed by atoms with Crippen molar-refractivity contribution in [3.63, 3.8) is 0 Å². The highest BCUT2D eigenvalue weighted by molar-refractivity contribution is 5.96. The molecule has 0 radical (unpaired) electrons. The molecule has 0 unspecified atom stereocenters. The van der Waals surface area contributed by atoms with Crippen molar-refractivity contribution in [2.45, 2.75) is 32.7 Å². The molecule has 3 N–H and O–H groups in total. The van der Waals surface area contributed by atoms with Crippen LogP contribution in [-0.4, -0.2) is 31.0 Å². The Bertz CT molecular complexity index is 1030. The largest absolute Gasteiger partial charge is 0.494 e. The second kappa shape index (κ2) is 12.3. The number of ether oxygens (including phenoxy) is 1. The first-order chi connectivity index (χ1) is 16.0. The third-order valence-electron chi connectivity index (χ3n) is 4.86. The van der Waals surface area contributed by atoms with Crippen LogP contribution in [0.3, 0.4) is 0 Å². The maximum Gasteiger partial charge on any atom is 0.251 e. The lowest BCUT2D eigenvalue weighted by molar-refractivity contribution is -0.114. The molecule has 33 heavy (non-hydrogen) atoms. The third kappa shape index (κ3) is 8.33. The first kappa shape index (κ1) is 23.9. The van der Waals surface area contributed by atoms with Crippen molar-refractivity contribution in [3.05, 3.63) is 90.0 Å². The number of amides is 2. The van der Waals surface area contributed by atoms with Crippen LogP contribution in [-0.2, 0) is 11.2 Å². The van der Waals surface area contributed by atoms with Gasteiger partial charge in [0.05, 0.1) is 13.2 Å². The summed E-state index contributed by atoms with van der Waals surface area (Å²) in [5.74, 6) is 0.458. The van der Waals surface area contributed by atoms with Crippen LogP contribution in [0.25, 0.3) is 0 Å². The average molecular weight is 446 g/mol. The lowest BCUT2D eigenvalue weighted by Gasteiger charge is -2.11. The summed E-state index contributed by atoms with van der Waals surface area (Å²) in [6, 6.07) is 24.8. The molecule has 0 atom stereocenters. The Labute approximate surface area is 195 Å². The first-order valence-corrected chi connectivity index (χ1v) is 11.2. The van der Waals surface area contributed by atoms with E-state index in [2.05, 4.69) is 28.1 Å². The smallest absolute Gasteiger partial charge is 0.251 e. The zero-order valence-corrected chi connectivity index (χ0v) is 19.1. The summed E-state index contributed by atoms with van der Waals surface area (Å²) in [5, 5.41) is 8.77. The number of hydrogen-bond donors (Lipinski definition) is 3. The van der Waals surface area contributed by atoms with Gasteiger partial charge < -0.3 is 20.7 Å². The second-order valence-electron chi connectivity index (χ2n) is 8.07. The van der Waals surface area contributed by atoms with Gasteiger partial charge in [0, 0.05) is 23.0 Å². The van der Waals surface area contributed by atoms with Gasteiger partial charge in [-0.1, -0.05) is 36.4 Å². The molecule has 0 aliphatic rings. The van der Waals surface area contributed by atoms with Crippen molar-refractivity contribution < 1.29 is 14.3 Å². The van der Waals surface area contributed by atoms with Crippen molar-refractivity contribution >= 4 is 23.2 Å². The van der Waals surface area contributed by atoms with Gasteiger partial charge in [-0.25, -0.2) is 0 Å². The molecule has 0 bridgehead atoms. The molecule has 6 nitrogen and oxygen atoms in total. The Morgan fingerprint density at radius 2 is 1.64 bits per heavy atom. The van der Waals surface area contributed by atoms with Crippen LogP contribution in [0, 0.1) is 0 Å². The van der Waals surface area contributed by atoms with Gasteiger partial charge in [0.1, 0.15) is 5.75 Å². The van der Waals surface area contributed by atoms with E-state index in [-0.39, 0.29) is 24.4 Å². The minimum absolute atomic E-state index is 0.0611. The van der Waals surface area contributed by atoms with Crippen LogP contribution >= 0.6 is 0 Å². The molecule has 172 valence electrons. The van der Waals surface area contributed by atoms with E-state index >= 15 is 0 Å². The quantitative estimate of drug-likeness (QED) is 0.367.